The zero-order chi connectivity index (χ0) is 20.8. The van der Waals surface area contributed by atoms with Crippen molar-refractivity contribution in [3.8, 4) is 11.5 Å². The van der Waals surface area contributed by atoms with Crippen LogP contribution in [0.3, 0.4) is 0 Å². The van der Waals surface area contributed by atoms with Gasteiger partial charge in [-0.05, 0) is 64.0 Å². The van der Waals surface area contributed by atoms with Crippen LogP contribution < -0.4 is 10.1 Å². The standard InChI is InChI=1S/C22H15BrFNO4/c23-16-8-4-5-9-19(16)29-20-11-10-14(12-17(20)24)13-18(22(27)28)25-21(26)15-6-2-1-3-7-15/h1-13H,(H,25,26)(H,27,28)/b18-13-. The highest BCUT2D eigenvalue weighted by Crippen LogP contribution is 2.31. The van der Waals surface area contributed by atoms with Crippen LogP contribution in [0.25, 0.3) is 6.08 Å². The quantitative estimate of drug-likeness (QED) is 0.498. The van der Waals surface area contributed by atoms with E-state index in [1.807, 2.05) is 0 Å². The van der Waals surface area contributed by atoms with Crippen LogP contribution in [0, 0.1) is 5.82 Å². The maximum Gasteiger partial charge on any atom is 0.352 e. The molecule has 3 aromatic rings. The molecule has 0 unspecified atom stereocenters. The molecule has 1 amide bonds. The number of carboxylic acids is 1. The summed E-state index contributed by atoms with van der Waals surface area (Å²) in [7, 11) is 0. The number of amides is 1. The molecule has 0 aliphatic carbocycles. The molecular formula is C22H15BrFNO4. The average Bonchev–Trinajstić information content (AvgIpc) is 2.71. The molecule has 0 aromatic heterocycles. The van der Waals surface area contributed by atoms with Crippen LogP contribution >= 0.6 is 15.9 Å². The molecule has 0 heterocycles. The molecule has 29 heavy (non-hydrogen) atoms. The first-order valence-corrected chi connectivity index (χ1v) is 9.26. The number of ether oxygens (including phenoxy) is 1. The van der Waals surface area contributed by atoms with Crippen molar-refractivity contribution in [3.05, 3.63) is 99.9 Å². The smallest absolute Gasteiger partial charge is 0.352 e. The number of halogens is 2. The average molecular weight is 456 g/mol. The van der Waals surface area contributed by atoms with E-state index in [9.17, 15) is 19.1 Å². The first-order valence-electron chi connectivity index (χ1n) is 8.47. The minimum Gasteiger partial charge on any atom is -0.477 e. The van der Waals surface area contributed by atoms with Crippen LogP contribution in [0.1, 0.15) is 15.9 Å². The van der Waals surface area contributed by atoms with E-state index in [0.29, 0.717) is 15.8 Å². The number of hydrogen-bond acceptors (Lipinski definition) is 3. The van der Waals surface area contributed by atoms with Crippen LogP contribution in [-0.4, -0.2) is 17.0 Å². The largest absolute Gasteiger partial charge is 0.477 e. The summed E-state index contributed by atoms with van der Waals surface area (Å²) in [6.07, 6.45) is 1.18. The van der Waals surface area contributed by atoms with Crippen LogP contribution in [-0.2, 0) is 4.79 Å². The Hall–Kier alpha value is -3.45. The highest BCUT2D eigenvalue weighted by Gasteiger charge is 2.14. The van der Waals surface area contributed by atoms with Crippen molar-refractivity contribution in [2.24, 2.45) is 0 Å². The van der Waals surface area contributed by atoms with E-state index in [-0.39, 0.29) is 17.0 Å². The summed E-state index contributed by atoms with van der Waals surface area (Å²) in [4.78, 5) is 23.7. The predicted octanol–water partition coefficient (Wildman–Crippen LogP) is 5.24. The lowest BCUT2D eigenvalue weighted by atomic mass is 10.1. The van der Waals surface area contributed by atoms with E-state index in [1.165, 1.54) is 18.2 Å². The zero-order valence-corrected chi connectivity index (χ0v) is 16.5. The molecule has 0 fully saturated rings. The number of hydrogen-bond donors (Lipinski definition) is 2. The fourth-order valence-corrected chi connectivity index (χ4v) is 2.80. The number of nitrogens with one attached hydrogen (secondary N) is 1. The van der Waals surface area contributed by atoms with Gasteiger partial charge in [-0.15, -0.1) is 0 Å². The second-order valence-electron chi connectivity index (χ2n) is 5.91. The molecule has 5 nitrogen and oxygen atoms in total. The highest BCUT2D eigenvalue weighted by molar-refractivity contribution is 9.10. The maximum absolute atomic E-state index is 14.4. The van der Waals surface area contributed by atoms with Gasteiger partial charge >= 0.3 is 5.97 Å². The molecule has 7 heteroatoms. The molecular weight excluding hydrogens is 441 g/mol. The summed E-state index contributed by atoms with van der Waals surface area (Å²) in [5.74, 6) is -2.17. The number of para-hydroxylation sites is 1. The van der Waals surface area contributed by atoms with Crippen molar-refractivity contribution in [1.82, 2.24) is 5.32 Å². The van der Waals surface area contributed by atoms with E-state index in [2.05, 4.69) is 21.2 Å². The van der Waals surface area contributed by atoms with Gasteiger partial charge in [-0.3, -0.25) is 4.79 Å². The molecule has 3 rings (SSSR count). The van der Waals surface area contributed by atoms with Gasteiger partial charge in [0.2, 0.25) is 0 Å². The Labute approximate surface area is 174 Å². The van der Waals surface area contributed by atoms with Crippen molar-refractivity contribution in [2.75, 3.05) is 0 Å². The molecule has 0 saturated heterocycles. The molecule has 0 saturated carbocycles. The molecule has 2 N–H and O–H groups in total. The van der Waals surface area contributed by atoms with Crippen LogP contribution in [0.2, 0.25) is 0 Å². The van der Waals surface area contributed by atoms with Crippen molar-refractivity contribution >= 4 is 33.9 Å². The van der Waals surface area contributed by atoms with E-state index in [4.69, 9.17) is 4.74 Å². The number of carbonyl (C=O) groups is 2. The van der Waals surface area contributed by atoms with Gasteiger partial charge in [-0.25, -0.2) is 9.18 Å². The minimum absolute atomic E-state index is 0.0146. The summed E-state index contributed by atoms with van der Waals surface area (Å²) in [6.45, 7) is 0. The molecule has 0 bridgehead atoms. The second kappa shape index (κ2) is 9.16. The molecule has 0 spiro atoms. The van der Waals surface area contributed by atoms with E-state index < -0.39 is 17.7 Å². The lowest BCUT2D eigenvalue weighted by Crippen LogP contribution is -2.27. The lowest BCUT2D eigenvalue weighted by molar-refractivity contribution is -0.132. The Morgan fingerprint density at radius 3 is 2.31 bits per heavy atom. The highest BCUT2D eigenvalue weighted by atomic mass is 79.9. The lowest BCUT2D eigenvalue weighted by Gasteiger charge is -2.10. The topological polar surface area (TPSA) is 75.6 Å². The van der Waals surface area contributed by atoms with Gasteiger partial charge in [0, 0.05) is 5.56 Å². The Morgan fingerprint density at radius 2 is 1.66 bits per heavy atom. The monoisotopic (exact) mass is 455 g/mol. The molecule has 146 valence electrons. The Balaban J connectivity index is 1.81. The Bertz CT molecular complexity index is 1080. The Kier molecular flexibility index (Phi) is 6.41. The minimum atomic E-state index is -1.34. The van der Waals surface area contributed by atoms with Gasteiger partial charge in [-0.2, -0.15) is 0 Å². The van der Waals surface area contributed by atoms with E-state index >= 15 is 0 Å². The molecule has 3 aromatic carbocycles. The van der Waals surface area contributed by atoms with Crippen molar-refractivity contribution < 1.29 is 23.8 Å². The fraction of sp³-hybridized carbons (Fsp3) is 0. The van der Waals surface area contributed by atoms with Gasteiger partial charge in [0.25, 0.3) is 5.91 Å². The Morgan fingerprint density at radius 1 is 0.966 bits per heavy atom. The third kappa shape index (κ3) is 5.30. The second-order valence-corrected chi connectivity index (χ2v) is 6.76. The van der Waals surface area contributed by atoms with Crippen molar-refractivity contribution in [1.29, 1.82) is 0 Å². The third-order valence-corrected chi connectivity index (χ3v) is 4.49. The summed E-state index contributed by atoms with van der Waals surface area (Å²) in [5.41, 5.74) is 0.188. The normalized spacial score (nSPS) is 11.0. The summed E-state index contributed by atoms with van der Waals surface area (Å²) < 4.78 is 20.7. The van der Waals surface area contributed by atoms with Crippen LogP contribution in [0.4, 0.5) is 4.39 Å². The maximum atomic E-state index is 14.4. The first kappa shape index (κ1) is 20.3. The summed E-state index contributed by atoms with van der Waals surface area (Å²) >= 11 is 3.32. The van der Waals surface area contributed by atoms with E-state index in [1.54, 1.807) is 54.6 Å². The molecule has 0 aliphatic rings. The SMILES string of the molecule is O=C(O)/C(=C/c1ccc(Oc2ccccc2Br)c(F)c1)NC(=O)c1ccccc1. The van der Waals surface area contributed by atoms with Gasteiger partial charge < -0.3 is 15.2 Å². The van der Waals surface area contributed by atoms with Gasteiger partial charge in [0.1, 0.15) is 11.4 Å². The number of rotatable bonds is 6. The van der Waals surface area contributed by atoms with Gasteiger partial charge in [0.05, 0.1) is 4.47 Å². The first-order chi connectivity index (χ1) is 13.9. The summed E-state index contributed by atoms with van der Waals surface area (Å²) in [5, 5.41) is 11.7. The predicted molar refractivity (Wildman–Crippen MR) is 110 cm³/mol. The fourth-order valence-electron chi connectivity index (χ4n) is 2.44. The number of carboxylic acid groups (broad SMARTS) is 1. The van der Waals surface area contributed by atoms with Crippen molar-refractivity contribution in [3.63, 3.8) is 0 Å². The summed E-state index contributed by atoms with van der Waals surface area (Å²) in [6, 6.07) is 19.2. The molecule has 0 aliphatic heterocycles. The molecule has 0 atom stereocenters. The number of aliphatic carboxylic acids is 1. The van der Waals surface area contributed by atoms with Crippen LogP contribution in [0.15, 0.2) is 83.0 Å². The van der Waals surface area contributed by atoms with Gasteiger partial charge in [0.15, 0.2) is 11.6 Å². The molecule has 0 radical (unpaired) electrons. The van der Waals surface area contributed by atoms with Crippen molar-refractivity contribution in [2.45, 2.75) is 0 Å². The number of carbonyl (C=O) groups excluding carboxylic acids is 1. The zero-order valence-electron chi connectivity index (χ0n) is 14.9. The third-order valence-electron chi connectivity index (χ3n) is 3.84. The van der Waals surface area contributed by atoms with Gasteiger partial charge in [-0.1, -0.05) is 36.4 Å². The number of benzene rings is 3. The van der Waals surface area contributed by atoms with E-state index in [0.717, 1.165) is 6.07 Å². The van der Waals surface area contributed by atoms with Crippen LogP contribution in [0.5, 0.6) is 11.5 Å².